The van der Waals surface area contributed by atoms with Crippen molar-refractivity contribution < 1.29 is 0 Å². The molecule has 0 heterocycles. The highest BCUT2D eigenvalue weighted by molar-refractivity contribution is 4.74. The smallest absolute Gasteiger partial charge is 0.000274 e. The summed E-state index contributed by atoms with van der Waals surface area (Å²) in [6.07, 6.45) is 5.42. The van der Waals surface area contributed by atoms with Crippen molar-refractivity contribution in [3.8, 4) is 0 Å². The largest absolute Gasteiger partial charge is 0.316 e. The molecule has 0 amide bonds. The number of hydrogen-bond donors (Lipinski definition) is 1. The van der Waals surface area contributed by atoms with Gasteiger partial charge in [-0.1, -0.05) is 60.8 Å². The summed E-state index contributed by atoms with van der Waals surface area (Å²) < 4.78 is 0. The molecule has 0 aliphatic carbocycles. The molecule has 0 rings (SSSR count). The van der Waals surface area contributed by atoms with Crippen LogP contribution >= 0.6 is 0 Å². The molecule has 92 valence electrons. The van der Waals surface area contributed by atoms with E-state index in [1.807, 2.05) is 0 Å². The van der Waals surface area contributed by atoms with E-state index in [1.54, 1.807) is 0 Å². The third-order valence-corrected chi connectivity index (χ3v) is 2.72. The lowest BCUT2D eigenvalue weighted by Gasteiger charge is -2.27. The highest BCUT2D eigenvalue weighted by Crippen LogP contribution is 2.23. The summed E-state index contributed by atoms with van der Waals surface area (Å²) in [4.78, 5) is 0. The number of rotatable bonds is 7. The van der Waals surface area contributed by atoms with Crippen molar-refractivity contribution in [2.75, 3.05) is 13.1 Å². The van der Waals surface area contributed by atoms with Crippen molar-refractivity contribution >= 4 is 0 Å². The average molecular weight is 213 g/mol. The van der Waals surface area contributed by atoms with Crippen LogP contribution in [0.4, 0.5) is 0 Å². The Bertz CT molecular complexity index is 153. The average Bonchev–Trinajstić information content (AvgIpc) is 2.01. The molecule has 0 aromatic rings. The minimum atomic E-state index is 0.402. The molecule has 0 fully saturated rings. The second kappa shape index (κ2) is 6.52. The van der Waals surface area contributed by atoms with Crippen molar-refractivity contribution in [1.29, 1.82) is 0 Å². The zero-order chi connectivity index (χ0) is 11.9. The zero-order valence-electron chi connectivity index (χ0n) is 11.7. The lowest BCUT2D eigenvalue weighted by molar-refractivity contribution is 0.277. The molecule has 0 bridgehead atoms. The molecular formula is C14H31N. The van der Waals surface area contributed by atoms with E-state index < -0.39 is 0 Å². The Hall–Kier alpha value is -0.0400. The number of nitrogens with one attached hydrogen (secondary N) is 1. The fourth-order valence-corrected chi connectivity index (χ4v) is 1.72. The van der Waals surface area contributed by atoms with Crippen molar-refractivity contribution in [2.24, 2.45) is 10.8 Å². The summed E-state index contributed by atoms with van der Waals surface area (Å²) >= 11 is 0. The first-order chi connectivity index (χ1) is 6.77. The van der Waals surface area contributed by atoms with Gasteiger partial charge >= 0.3 is 0 Å². The van der Waals surface area contributed by atoms with Crippen LogP contribution in [0.1, 0.15) is 67.2 Å². The quantitative estimate of drug-likeness (QED) is 0.624. The SMILES string of the molecule is CCCCCC(C)(C)CNCC(C)(C)C. The minimum Gasteiger partial charge on any atom is -0.316 e. The molecule has 0 spiro atoms. The van der Waals surface area contributed by atoms with Gasteiger partial charge in [-0.25, -0.2) is 0 Å². The molecule has 0 unspecified atom stereocenters. The van der Waals surface area contributed by atoms with Crippen LogP contribution < -0.4 is 5.32 Å². The summed E-state index contributed by atoms with van der Waals surface area (Å²) in [7, 11) is 0. The molecule has 0 aliphatic heterocycles. The van der Waals surface area contributed by atoms with E-state index in [-0.39, 0.29) is 0 Å². The van der Waals surface area contributed by atoms with Gasteiger partial charge in [-0.2, -0.15) is 0 Å². The first kappa shape index (κ1) is 15.0. The summed E-state index contributed by atoms with van der Waals surface area (Å²) in [5, 5.41) is 3.59. The summed E-state index contributed by atoms with van der Waals surface area (Å²) in [6.45, 7) is 16.1. The van der Waals surface area contributed by atoms with Gasteiger partial charge in [0.05, 0.1) is 0 Å². The third-order valence-electron chi connectivity index (χ3n) is 2.72. The standard InChI is InChI=1S/C14H31N/c1-7-8-9-10-14(5,6)12-15-11-13(2,3)4/h15H,7-12H2,1-6H3. The fourth-order valence-electron chi connectivity index (χ4n) is 1.72. The van der Waals surface area contributed by atoms with Gasteiger partial charge in [0.1, 0.15) is 0 Å². The van der Waals surface area contributed by atoms with Crippen LogP contribution in [0.2, 0.25) is 0 Å². The Morgan fingerprint density at radius 1 is 0.867 bits per heavy atom. The molecule has 0 saturated heterocycles. The monoisotopic (exact) mass is 213 g/mol. The van der Waals surface area contributed by atoms with E-state index in [9.17, 15) is 0 Å². The molecule has 1 nitrogen and oxygen atoms in total. The Morgan fingerprint density at radius 2 is 1.47 bits per heavy atom. The van der Waals surface area contributed by atoms with Crippen molar-refractivity contribution in [1.82, 2.24) is 5.32 Å². The summed E-state index contributed by atoms with van der Waals surface area (Å²) in [6, 6.07) is 0. The first-order valence-corrected chi connectivity index (χ1v) is 6.47. The van der Waals surface area contributed by atoms with Gasteiger partial charge in [-0.3, -0.25) is 0 Å². The lowest BCUT2D eigenvalue weighted by Crippen LogP contribution is -2.34. The Kier molecular flexibility index (Phi) is 6.51. The van der Waals surface area contributed by atoms with Gasteiger partial charge in [0.15, 0.2) is 0 Å². The Balaban J connectivity index is 3.64. The van der Waals surface area contributed by atoms with E-state index in [0.29, 0.717) is 10.8 Å². The Morgan fingerprint density at radius 3 is 1.93 bits per heavy atom. The molecule has 0 aliphatic rings. The van der Waals surface area contributed by atoms with Crippen LogP contribution in [0.3, 0.4) is 0 Å². The molecule has 15 heavy (non-hydrogen) atoms. The van der Waals surface area contributed by atoms with Crippen molar-refractivity contribution in [3.05, 3.63) is 0 Å². The predicted molar refractivity (Wildman–Crippen MR) is 70.2 cm³/mol. The molecule has 0 aromatic heterocycles. The maximum absolute atomic E-state index is 3.59. The maximum Gasteiger partial charge on any atom is 0.000274 e. The zero-order valence-corrected chi connectivity index (χ0v) is 11.7. The van der Waals surface area contributed by atoms with E-state index >= 15 is 0 Å². The van der Waals surface area contributed by atoms with Crippen LogP contribution in [0.5, 0.6) is 0 Å². The van der Waals surface area contributed by atoms with Gasteiger partial charge in [-0.05, 0) is 17.3 Å². The normalized spacial score (nSPS) is 13.2. The second-order valence-corrected chi connectivity index (χ2v) is 6.79. The number of hydrogen-bond acceptors (Lipinski definition) is 1. The van der Waals surface area contributed by atoms with Crippen LogP contribution in [0.25, 0.3) is 0 Å². The summed E-state index contributed by atoms with van der Waals surface area (Å²) in [5.41, 5.74) is 0.861. The highest BCUT2D eigenvalue weighted by Gasteiger charge is 2.18. The van der Waals surface area contributed by atoms with Crippen LogP contribution in [-0.2, 0) is 0 Å². The van der Waals surface area contributed by atoms with Gasteiger partial charge in [0.2, 0.25) is 0 Å². The first-order valence-electron chi connectivity index (χ1n) is 6.47. The maximum atomic E-state index is 3.59. The Labute approximate surface area is 97.0 Å². The fraction of sp³-hybridized carbons (Fsp3) is 1.00. The van der Waals surface area contributed by atoms with Gasteiger partial charge < -0.3 is 5.32 Å². The number of unbranched alkanes of at least 4 members (excludes halogenated alkanes) is 2. The molecule has 0 radical (unpaired) electrons. The molecular weight excluding hydrogens is 182 g/mol. The summed E-state index contributed by atoms with van der Waals surface area (Å²) in [5.74, 6) is 0. The third kappa shape index (κ3) is 10.2. The molecule has 0 atom stereocenters. The molecule has 0 saturated carbocycles. The molecule has 0 aromatic carbocycles. The topological polar surface area (TPSA) is 12.0 Å². The predicted octanol–water partition coefficient (Wildman–Crippen LogP) is 4.23. The second-order valence-electron chi connectivity index (χ2n) is 6.79. The minimum absolute atomic E-state index is 0.402. The van der Waals surface area contributed by atoms with E-state index in [4.69, 9.17) is 0 Å². The van der Waals surface area contributed by atoms with E-state index in [2.05, 4.69) is 46.9 Å². The van der Waals surface area contributed by atoms with E-state index in [0.717, 1.165) is 13.1 Å². The highest BCUT2D eigenvalue weighted by atomic mass is 14.9. The van der Waals surface area contributed by atoms with Crippen molar-refractivity contribution in [3.63, 3.8) is 0 Å². The van der Waals surface area contributed by atoms with Crippen LogP contribution in [0, 0.1) is 10.8 Å². The van der Waals surface area contributed by atoms with Gasteiger partial charge in [0, 0.05) is 13.1 Å². The lowest BCUT2D eigenvalue weighted by atomic mass is 9.86. The van der Waals surface area contributed by atoms with Crippen LogP contribution in [-0.4, -0.2) is 13.1 Å². The van der Waals surface area contributed by atoms with Crippen LogP contribution in [0.15, 0.2) is 0 Å². The van der Waals surface area contributed by atoms with Crippen molar-refractivity contribution in [2.45, 2.75) is 67.2 Å². The molecule has 1 N–H and O–H groups in total. The van der Waals surface area contributed by atoms with Gasteiger partial charge in [-0.15, -0.1) is 0 Å². The molecule has 1 heteroatoms. The van der Waals surface area contributed by atoms with E-state index in [1.165, 1.54) is 25.7 Å². The van der Waals surface area contributed by atoms with Gasteiger partial charge in [0.25, 0.3) is 0 Å².